The molecule has 5 heteroatoms. The van der Waals surface area contributed by atoms with Gasteiger partial charge < -0.3 is 0 Å². The first kappa shape index (κ1) is 12.5. The Morgan fingerprint density at radius 2 is 1.95 bits per heavy atom. The minimum absolute atomic E-state index is 0.731. The van der Waals surface area contributed by atoms with Gasteiger partial charge in [-0.3, -0.25) is 0 Å². The Kier molecular flexibility index (Phi) is 3.73. The zero-order valence-corrected chi connectivity index (χ0v) is 12.2. The van der Waals surface area contributed by atoms with E-state index >= 15 is 0 Å². The zero-order chi connectivity index (χ0) is 13.1. The lowest BCUT2D eigenvalue weighted by atomic mass is 10.2. The van der Waals surface area contributed by atoms with E-state index in [0.717, 1.165) is 26.3 Å². The quantitative estimate of drug-likeness (QED) is 0.605. The molecule has 0 fully saturated rings. The van der Waals surface area contributed by atoms with E-state index in [-0.39, 0.29) is 0 Å². The number of halogens is 1. The fourth-order valence-corrected chi connectivity index (χ4v) is 2.94. The molecule has 19 heavy (non-hydrogen) atoms. The van der Waals surface area contributed by atoms with E-state index in [1.54, 1.807) is 11.3 Å². The second kappa shape index (κ2) is 5.65. The second-order valence-electron chi connectivity index (χ2n) is 3.80. The number of aromatic nitrogens is 1. The van der Waals surface area contributed by atoms with Gasteiger partial charge in [-0.2, -0.15) is 0 Å². The highest BCUT2D eigenvalue weighted by Gasteiger charge is 2.03. The summed E-state index contributed by atoms with van der Waals surface area (Å²) in [4.78, 5) is 10.00. The maximum Gasteiger partial charge on any atom is 0.209 e. The first-order valence-corrected chi connectivity index (χ1v) is 7.74. The summed E-state index contributed by atoms with van der Waals surface area (Å²) in [6, 6.07) is 11.7. The van der Waals surface area contributed by atoms with E-state index in [1.807, 2.05) is 53.4 Å². The van der Waals surface area contributed by atoms with Crippen molar-refractivity contribution in [1.29, 1.82) is 0 Å². The maximum atomic E-state index is 5.87. The topological polar surface area (TPSA) is 25.2 Å². The fourth-order valence-electron chi connectivity index (χ4n) is 1.56. The highest BCUT2D eigenvalue weighted by atomic mass is 35.5. The number of nitrogens with zero attached hydrogens (tertiary/aromatic N) is 2. The molecule has 94 valence electrons. The van der Waals surface area contributed by atoms with Gasteiger partial charge >= 0.3 is 0 Å². The predicted octanol–water partition coefficient (Wildman–Crippen LogP) is 5.28. The summed E-state index contributed by atoms with van der Waals surface area (Å²) in [7, 11) is 0. The van der Waals surface area contributed by atoms with Crippen LogP contribution in [0.25, 0.3) is 11.3 Å². The Hall–Kier alpha value is -1.49. The molecule has 0 saturated carbocycles. The molecule has 1 aromatic carbocycles. The third kappa shape index (κ3) is 3.10. The fraction of sp³-hybridized carbons (Fsp3) is 0. The maximum absolute atomic E-state index is 5.87. The average molecular weight is 305 g/mol. The van der Waals surface area contributed by atoms with E-state index in [0.29, 0.717) is 0 Å². The number of rotatable bonds is 3. The van der Waals surface area contributed by atoms with Crippen molar-refractivity contribution >= 4 is 45.6 Å². The number of benzene rings is 1. The number of thiophene rings is 1. The summed E-state index contributed by atoms with van der Waals surface area (Å²) in [6.45, 7) is 0. The summed E-state index contributed by atoms with van der Waals surface area (Å²) in [6.07, 6.45) is 1.84. The van der Waals surface area contributed by atoms with Crippen LogP contribution in [0.3, 0.4) is 0 Å². The number of thiazole rings is 1. The second-order valence-corrected chi connectivity index (χ2v) is 6.05. The van der Waals surface area contributed by atoms with Crippen molar-refractivity contribution < 1.29 is 0 Å². The molecule has 0 amide bonds. The van der Waals surface area contributed by atoms with E-state index in [9.17, 15) is 0 Å². The van der Waals surface area contributed by atoms with Gasteiger partial charge in [-0.05, 0) is 23.6 Å². The summed E-state index contributed by atoms with van der Waals surface area (Å²) in [5.74, 6) is 0. The van der Waals surface area contributed by atoms with Crippen LogP contribution in [-0.4, -0.2) is 11.2 Å². The van der Waals surface area contributed by atoms with Crippen LogP contribution in [0.4, 0.5) is 5.13 Å². The van der Waals surface area contributed by atoms with Gasteiger partial charge in [-0.1, -0.05) is 29.8 Å². The number of hydrogen-bond acceptors (Lipinski definition) is 4. The van der Waals surface area contributed by atoms with E-state index in [1.165, 1.54) is 11.3 Å². The Morgan fingerprint density at radius 3 is 2.68 bits per heavy atom. The van der Waals surface area contributed by atoms with Crippen LogP contribution in [0.1, 0.15) is 4.88 Å². The number of aliphatic imine (C=N–C) groups is 1. The number of hydrogen-bond donors (Lipinski definition) is 0. The molecule has 2 heterocycles. The van der Waals surface area contributed by atoms with Gasteiger partial charge in [0.2, 0.25) is 5.13 Å². The van der Waals surface area contributed by atoms with E-state index < -0.39 is 0 Å². The van der Waals surface area contributed by atoms with Crippen LogP contribution >= 0.6 is 34.3 Å². The van der Waals surface area contributed by atoms with Gasteiger partial charge in [0, 0.05) is 27.1 Å². The van der Waals surface area contributed by atoms with Gasteiger partial charge in [0.15, 0.2) is 0 Å². The average Bonchev–Trinajstić information content (AvgIpc) is 3.09. The smallest absolute Gasteiger partial charge is 0.209 e. The predicted molar refractivity (Wildman–Crippen MR) is 84.1 cm³/mol. The minimum Gasteiger partial charge on any atom is -0.226 e. The molecule has 0 aliphatic carbocycles. The normalized spacial score (nSPS) is 11.2. The van der Waals surface area contributed by atoms with Crippen molar-refractivity contribution in [2.75, 3.05) is 0 Å². The first-order valence-electron chi connectivity index (χ1n) is 5.60. The van der Waals surface area contributed by atoms with Crippen molar-refractivity contribution in [3.8, 4) is 11.3 Å². The lowest BCUT2D eigenvalue weighted by Gasteiger charge is -1.95. The Bertz CT molecular complexity index is 685. The van der Waals surface area contributed by atoms with Crippen molar-refractivity contribution in [3.05, 3.63) is 57.1 Å². The third-order valence-electron chi connectivity index (χ3n) is 2.48. The Morgan fingerprint density at radius 1 is 1.11 bits per heavy atom. The van der Waals surface area contributed by atoms with Gasteiger partial charge in [-0.25, -0.2) is 9.98 Å². The van der Waals surface area contributed by atoms with Crippen molar-refractivity contribution in [3.63, 3.8) is 0 Å². The molecule has 0 aliphatic heterocycles. The molecule has 0 atom stereocenters. The van der Waals surface area contributed by atoms with Crippen LogP contribution in [-0.2, 0) is 0 Å². The Balaban J connectivity index is 1.81. The van der Waals surface area contributed by atoms with Gasteiger partial charge in [-0.15, -0.1) is 22.7 Å². The first-order chi connectivity index (χ1) is 9.31. The summed E-state index contributed by atoms with van der Waals surface area (Å²) in [5, 5.41) is 5.53. The molecule has 3 rings (SSSR count). The molecule has 0 N–H and O–H groups in total. The van der Waals surface area contributed by atoms with Crippen LogP contribution in [0, 0.1) is 0 Å². The Labute approximate surface area is 124 Å². The summed E-state index contributed by atoms with van der Waals surface area (Å²) < 4.78 is 0. The lowest BCUT2D eigenvalue weighted by Crippen LogP contribution is -1.76. The van der Waals surface area contributed by atoms with Crippen molar-refractivity contribution in [2.24, 2.45) is 4.99 Å². The zero-order valence-electron chi connectivity index (χ0n) is 9.79. The molecule has 0 aliphatic rings. The highest BCUT2D eigenvalue weighted by molar-refractivity contribution is 7.14. The minimum atomic E-state index is 0.731. The lowest BCUT2D eigenvalue weighted by molar-refractivity contribution is 1.36. The van der Waals surface area contributed by atoms with Crippen LogP contribution in [0.15, 0.2) is 52.2 Å². The van der Waals surface area contributed by atoms with Gasteiger partial charge in [0.1, 0.15) is 0 Å². The highest BCUT2D eigenvalue weighted by Crippen LogP contribution is 2.27. The molecule has 3 aromatic rings. The summed E-state index contributed by atoms with van der Waals surface area (Å²) >= 11 is 9.06. The molecular weight excluding hydrogens is 296 g/mol. The van der Waals surface area contributed by atoms with Crippen LogP contribution in [0.2, 0.25) is 5.02 Å². The molecular formula is C14H9ClN2S2. The van der Waals surface area contributed by atoms with Crippen molar-refractivity contribution in [2.45, 2.75) is 0 Å². The SMILES string of the molecule is Clc1ccc(-c2csc(/N=C/c3cccs3)n2)cc1. The standard InChI is InChI=1S/C14H9ClN2S2/c15-11-5-3-10(4-6-11)13-9-19-14(17-13)16-8-12-2-1-7-18-12/h1-9H/b16-8+. The van der Waals surface area contributed by atoms with Crippen LogP contribution < -0.4 is 0 Å². The molecule has 2 nitrogen and oxygen atoms in total. The van der Waals surface area contributed by atoms with Crippen LogP contribution in [0.5, 0.6) is 0 Å². The molecule has 0 bridgehead atoms. The molecule has 2 aromatic heterocycles. The van der Waals surface area contributed by atoms with Crippen molar-refractivity contribution in [1.82, 2.24) is 4.98 Å². The summed E-state index contributed by atoms with van der Waals surface area (Å²) in [5.41, 5.74) is 1.98. The van der Waals surface area contributed by atoms with Gasteiger partial charge in [0.25, 0.3) is 0 Å². The molecule has 0 saturated heterocycles. The molecule has 0 spiro atoms. The van der Waals surface area contributed by atoms with E-state index in [4.69, 9.17) is 11.6 Å². The molecule has 0 radical (unpaired) electrons. The largest absolute Gasteiger partial charge is 0.226 e. The molecule has 0 unspecified atom stereocenters. The van der Waals surface area contributed by atoms with Gasteiger partial charge in [0.05, 0.1) is 5.69 Å². The third-order valence-corrected chi connectivity index (χ3v) is 4.28. The monoisotopic (exact) mass is 304 g/mol. The van der Waals surface area contributed by atoms with E-state index in [2.05, 4.69) is 9.98 Å².